The smallest absolute Gasteiger partial charge is 0.225 e. The van der Waals surface area contributed by atoms with Crippen LogP contribution in [0.25, 0.3) is 0 Å². The molecule has 0 spiro atoms. The van der Waals surface area contributed by atoms with Crippen molar-refractivity contribution in [2.24, 2.45) is 10.4 Å². The van der Waals surface area contributed by atoms with E-state index in [-0.39, 0.29) is 11.3 Å². The van der Waals surface area contributed by atoms with E-state index in [1.54, 1.807) is 0 Å². The molecule has 2 aliphatic heterocycles. The van der Waals surface area contributed by atoms with Gasteiger partial charge in [0.25, 0.3) is 0 Å². The molecule has 2 heterocycles. The zero-order chi connectivity index (χ0) is 16.9. The minimum Gasteiger partial charge on any atom is -0.354 e. The highest BCUT2D eigenvalue weighted by atomic mass is 16.2. The van der Waals surface area contributed by atoms with Crippen LogP contribution in [0.1, 0.15) is 27.2 Å². The Balaban J connectivity index is 1.71. The largest absolute Gasteiger partial charge is 0.354 e. The van der Waals surface area contributed by atoms with Gasteiger partial charge in [-0.25, -0.2) is 0 Å². The summed E-state index contributed by atoms with van der Waals surface area (Å²) in [4.78, 5) is 21.0. The highest BCUT2D eigenvalue weighted by molar-refractivity contribution is 5.82. The van der Waals surface area contributed by atoms with Crippen LogP contribution < -0.4 is 10.6 Å². The maximum absolute atomic E-state index is 11.8. The Kier molecular flexibility index (Phi) is 6.04. The molecule has 23 heavy (non-hydrogen) atoms. The van der Waals surface area contributed by atoms with Gasteiger partial charge < -0.3 is 15.5 Å². The summed E-state index contributed by atoms with van der Waals surface area (Å²) in [5.74, 6) is 1.02. The van der Waals surface area contributed by atoms with Gasteiger partial charge in [-0.05, 0) is 6.42 Å². The number of rotatable bonds is 4. The molecular weight excluding hydrogens is 290 g/mol. The van der Waals surface area contributed by atoms with E-state index in [9.17, 15) is 4.79 Å². The minimum atomic E-state index is -0.340. The van der Waals surface area contributed by atoms with Gasteiger partial charge in [-0.2, -0.15) is 0 Å². The first kappa shape index (κ1) is 17.8. The molecule has 6 nitrogen and oxygen atoms in total. The molecule has 0 aliphatic carbocycles. The number of nitrogens with zero attached hydrogens (tertiary/aromatic N) is 3. The summed E-state index contributed by atoms with van der Waals surface area (Å²) in [5.41, 5.74) is -0.340. The maximum atomic E-state index is 11.8. The first-order chi connectivity index (χ1) is 10.9. The van der Waals surface area contributed by atoms with E-state index in [2.05, 4.69) is 37.6 Å². The van der Waals surface area contributed by atoms with Crippen LogP contribution in [0.3, 0.4) is 0 Å². The van der Waals surface area contributed by atoms with Crippen LogP contribution in [-0.2, 0) is 4.79 Å². The molecule has 6 heteroatoms. The molecule has 1 amide bonds. The van der Waals surface area contributed by atoms with Gasteiger partial charge in [-0.3, -0.25) is 14.7 Å². The van der Waals surface area contributed by atoms with Crippen molar-refractivity contribution in [3.8, 4) is 0 Å². The summed E-state index contributed by atoms with van der Waals surface area (Å²) < 4.78 is 0. The van der Waals surface area contributed by atoms with Crippen LogP contribution in [0, 0.1) is 5.41 Å². The fraction of sp³-hybridized carbons (Fsp3) is 0.765. The van der Waals surface area contributed by atoms with E-state index < -0.39 is 0 Å². The van der Waals surface area contributed by atoms with Crippen LogP contribution in [0.4, 0.5) is 0 Å². The summed E-state index contributed by atoms with van der Waals surface area (Å²) in [7, 11) is 1.82. The van der Waals surface area contributed by atoms with E-state index in [1.807, 2.05) is 27.8 Å². The van der Waals surface area contributed by atoms with Crippen molar-refractivity contribution >= 4 is 11.9 Å². The summed E-state index contributed by atoms with van der Waals surface area (Å²) >= 11 is 0. The third-order valence-corrected chi connectivity index (χ3v) is 4.41. The quantitative estimate of drug-likeness (QED) is 0.346. The molecule has 2 N–H and O–H groups in total. The Morgan fingerprint density at radius 1 is 1.22 bits per heavy atom. The molecule has 1 unspecified atom stereocenters. The van der Waals surface area contributed by atoms with Crippen LogP contribution in [0.2, 0.25) is 0 Å². The number of carbonyl (C=O) groups excluding carboxylic acids is 1. The van der Waals surface area contributed by atoms with E-state index in [4.69, 9.17) is 0 Å². The second kappa shape index (κ2) is 7.81. The van der Waals surface area contributed by atoms with Crippen LogP contribution in [0.5, 0.6) is 0 Å². The van der Waals surface area contributed by atoms with Gasteiger partial charge in [0, 0.05) is 57.8 Å². The van der Waals surface area contributed by atoms with Crippen molar-refractivity contribution in [3.05, 3.63) is 12.2 Å². The van der Waals surface area contributed by atoms with Gasteiger partial charge in [-0.15, -0.1) is 0 Å². The SMILES string of the molecule is CN=C(NCCNC(=O)C(C)(C)C)N1CCC(N2CC=CC2)C1. The van der Waals surface area contributed by atoms with Gasteiger partial charge in [0.1, 0.15) is 0 Å². The second-order valence-electron chi connectivity index (χ2n) is 7.29. The van der Waals surface area contributed by atoms with Crippen molar-refractivity contribution in [2.45, 2.75) is 33.2 Å². The van der Waals surface area contributed by atoms with Crippen molar-refractivity contribution in [1.82, 2.24) is 20.4 Å². The number of aliphatic imine (C=N–C) groups is 1. The van der Waals surface area contributed by atoms with Crippen LogP contribution in [-0.4, -0.2) is 74.0 Å². The standard InChI is InChI=1S/C17H31N5O/c1-17(2,3)15(23)19-8-9-20-16(18-4)22-12-7-14(13-22)21-10-5-6-11-21/h5-6,14H,7-13H2,1-4H3,(H,18,20)(H,19,23). The lowest BCUT2D eigenvalue weighted by Crippen LogP contribution is -2.45. The van der Waals surface area contributed by atoms with E-state index >= 15 is 0 Å². The van der Waals surface area contributed by atoms with Crippen molar-refractivity contribution in [2.75, 3.05) is 46.3 Å². The predicted octanol–water partition coefficient (Wildman–Crippen LogP) is 0.670. The highest BCUT2D eigenvalue weighted by Gasteiger charge is 2.29. The molecule has 2 rings (SSSR count). The lowest BCUT2D eigenvalue weighted by atomic mass is 9.96. The van der Waals surface area contributed by atoms with Crippen molar-refractivity contribution in [3.63, 3.8) is 0 Å². The molecule has 2 aliphatic rings. The van der Waals surface area contributed by atoms with Crippen LogP contribution >= 0.6 is 0 Å². The van der Waals surface area contributed by atoms with Gasteiger partial charge in [-0.1, -0.05) is 32.9 Å². The molecule has 1 saturated heterocycles. The van der Waals surface area contributed by atoms with Gasteiger partial charge >= 0.3 is 0 Å². The first-order valence-corrected chi connectivity index (χ1v) is 8.55. The second-order valence-corrected chi connectivity index (χ2v) is 7.29. The summed E-state index contributed by atoms with van der Waals surface area (Å²) in [5, 5.41) is 6.31. The fourth-order valence-electron chi connectivity index (χ4n) is 2.97. The van der Waals surface area contributed by atoms with Gasteiger partial charge in [0.15, 0.2) is 5.96 Å². The monoisotopic (exact) mass is 321 g/mol. The average molecular weight is 321 g/mol. The summed E-state index contributed by atoms with van der Waals surface area (Å²) in [6.07, 6.45) is 5.67. The number of nitrogens with one attached hydrogen (secondary N) is 2. The fourth-order valence-corrected chi connectivity index (χ4v) is 2.97. The summed E-state index contributed by atoms with van der Waals surface area (Å²) in [6.45, 7) is 11.3. The Bertz CT molecular complexity index is 458. The summed E-state index contributed by atoms with van der Waals surface area (Å²) in [6, 6.07) is 0.615. The molecule has 0 radical (unpaired) electrons. The number of guanidine groups is 1. The lowest BCUT2D eigenvalue weighted by Gasteiger charge is -2.25. The van der Waals surface area contributed by atoms with E-state index in [0.29, 0.717) is 19.1 Å². The molecule has 0 saturated carbocycles. The molecular formula is C17H31N5O. The Morgan fingerprint density at radius 2 is 1.87 bits per heavy atom. The number of amides is 1. The minimum absolute atomic E-state index is 0.0806. The normalized spacial score (nSPS) is 22.7. The third kappa shape index (κ3) is 4.96. The average Bonchev–Trinajstić information content (AvgIpc) is 3.16. The number of carbonyl (C=O) groups is 1. The molecule has 0 aromatic carbocycles. The van der Waals surface area contributed by atoms with Crippen molar-refractivity contribution < 1.29 is 4.79 Å². The van der Waals surface area contributed by atoms with E-state index in [0.717, 1.165) is 32.1 Å². The molecule has 0 bridgehead atoms. The maximum Gasteiger partial charge on any atom is 0.225 e. The first-order valence-electron chi connectivity index (χ1n) is 8.55. The molecule has 1 fully saturated rings. The molecule has 0 aromatic heterocycles. The molecule has 0 aromatic rings. The third-order valence-electron chi connectivity index (χ3n) is 4.41. The molecule has 130 valence electrons. The zero-order valence-electron chi connectivity index (χ0n) is 14.9. The van der Waals surface area contributed by atoms with Crippen molar-refractivity contribution in [1.29, 1.82) is 0 Å². The lowest BCUT2D eigenvalue weighted by molar-refractivity contribution is -0.128. The number of hydrogen-bond acceptors (Lipinski definition) is 3. The van der Waals surface area contributed by atoms with Crippen LogP contribution in [0.15, 0.2) is 17.1 Å². The highest BCUT2D eigenvalue weighted by Crippen LogP contribution is 2.17. The topological polar surface area (TPSA) is 60.0 Å². The number of hydrogen-bond donors (Lipinski definition) is 2. The Morgan fingerprint density at radius 3 is 2.48 bits per heavy atom. The van der Waals surface area contributed by atoms with Gasteiger partial charge in [0.2, 0.25) is 5.91 Å². The zero-order valence-corrected chi connectivity index (χ0v) is 14.9. The Labute approximate surface area is 140 Å². The molecule has 1 atom stereocenters. The van der Waals surface area contributed by atoms with Gasteiger partial charge in [0.05, 0.1) is 0 Å². The predicted molar refractivity (Wildman–Crippen MR) is 94.5 cm³/mol. The number of likely N-dealkylation sites (tertiary alicyclic amines) is 1. The Hall–Kier alpha value is -1.56. The van der Waals surface area contributed by atoms with E-state index in [1.165, 1.54) is 6.42 Å².